The summed E-state index contributed by atoms with van der Waals surface area (Å²) in [6, 6.07) is 0.0327. The van der Waals surface area contributed by atoms with Crippen LogP contribution in [0.3, 0.4) is 0 Å². The van der Waals surface area contributed by atoms with E-state index in [-0.39, 0.29) is 16.6 Å². The average Bonchev–Trinajstić information content (AvgIpc) is 2.15. The molecule has 0 aromatic rings. The molecule has 0 fully saturated rings. The molecule has 1 rings (SSSR count). The summed E-state index contributed by atoms with van der Waals surface area (Å²) >= 11 is 1.66. The highest BCUT2D eigenvalue weighted by molar-refractivity contribution is 7.98. The molecule has 0 radical (unpaired) electrons. The highest BCUT2D eigenvalue weighted by Crippen LogP contribution is 2.27. The Kier molecular flexibility index (Phi) is 5.02. The van der Waals surface area contributed by atoms with Gasteiger partial charge in [-0.3, -0.25) is 4.72 Å². The van der Waals surface area contributed by atoms with Crippen molar-refractivity contribution in [2.45, 2.75) is 51.3 Å². The number of hydrogen-bond acceptors (Lipinski definition) is 2. The largest absolute Gasteiger partial charge is 0.252 e. The van der Waals surface area contributed by atoms with Crippen molar-refractivity contribution in [1.29, 1.82) is 0 Å². The zero-order valence-corrected chi connectivity index (χ0v) is 12.0. The molecule has 0 bridgehead atoms. The first kappa shape index (κ1) is 14.5. The van der Waals surface area contributed by atoms with Crippen molar-refractivity contribution in [2.75, 3.05) is 0 Å². The molecule has 3 heteroatoms. The molecule has 1 unspecified atom stereocenters. The Hall–Kier alpha value is -0.540. The van der Waals surface area contributed by atoms with Crippen LogP contribution in [-0.2, 0) is 0 Å². The third kappa shape index (κ3) is 5.09. The zero-order valence-electron chi connectivity index (χ0n) is 11.1. The van der Waals surface area contributed by atoms with Gasteiger partial charge in [0, 0.05) is 11.2 Å². The van der Waals surface area contributed by atoms with Crippen molar-refractivity contribution in [3.05, 3.63) is 35.7 Å². The summed E-state index contributed by atoms with van der Waals surface area (Å²) in [7, 11) is 0. The van der Waals surface area contributed by atoms with E-state index in [0.29, 0.717) is 6.42 Å². The molecule has 0 aromatic heterocycles. The minimum atomic E-state index is -0.0312. The van der Waals surface area contributed by atoms with Crippen molar-refractivity contribution in [2.24, 2.45) is 0 Å². The van der Waals surface area contributed by atoms with Gasteiger partial charge in [-0.1, -0.05) is 30.2 Å². The molecular formula is C14H22FNS. The smallest absolute Gasteiger partial charge is 0.101 e. The summed E-state index contributed by atoms with van der Waals surface area (Å²) in [4.78, 5) is 0. The lowest BCUT2D eigenvalue weighted by atomic mass is 9.96. The lowest BCUT2D eigenvalue weighted by Crippen LogP contribution is -2.30. The van der Waals surface area contributed by atoms with Crippen LogP contribution in [0.25, 0.3) is 0 Å². The summed E-state index contributed by atoms with van der Waals surface area (Å²) in [5, 5.41) is 0. The summed E-state index contributed by atoms with van der Waals surface area (Å²) in [5.74, 6) is -0.0312. The monoisotopic (exact) mass is 255 g/mol. The van der Waals surface area contributed by atoms with Gasteiger partial charge in [-0.15, -0.1) is 0 Å². The zero-order chi connectivity index (χ0) is 13.1. The van der Waals surface area contributed by atoms with E-state index in [0.717, 1.165) is 17.6 Å². The van der Waals surface area contributed by atoms with Crippen LogP contribution in [0, 0.1) is 0 Å². The summed E-state index contributed by atoms with van der Waals surface area (Å²) in [6.45, 7) is 12.4. The third-order valence-corrected chi connectivity index (χ3v) is 3.36. The second kappa shape index (κ2) is 5.87. The topological polar surface area (TPSA) is 12.0 Å². The Morgan fingerprint density at radius 2 is 2.18 bits per heavy atom. The highest BCUT2D eigenvalue weighted by Gasteiger charge is 2.19. The van der Waals surface area contributed by atoms with E-state index in [2.05, 4.69) is 38.1 Å². The van der Waals surface area contributed by atoms with Crippen molar-refractivity contribution in [3.8, 4) is 0 Å². The molecule has 17 heavy (non-hydrogen) atoms. The third-order valence-electron chi connectivity index (χ3n) is 2.40. The SMILES string of the molecule is C=C(C)C(NSC(C)(C)C)C1=CCCC(F)=C1. The fourth-order valence-electron chi connectivity index (χ4n) is 1.58. The molecule has 1 N–H and O–H groups in total. The van der Waals surface area contributed by atoms with Crippen LogP contribution in [0.2, 0.25) is 0 Å². The number of allylic oxidation sites excluding steroid dienone is 2. The quantitative estimate of drug-likeness (QED) is 0.584. The normalized spacial score (nSPS) is 18.4. The average molecular weight is 255 g/mol. The Morgan fingerprint density at radius 3 is 2.65 bits per heavy atom. The lowest BCUT2D eigenvalue weighted by molar-refractivity contribution is 0.581. The molecule has 0 saturated heterocycles. The molecule has 0 saturated carbocycles. The molecule has 0 amide bonds. The minimum Gasteiger partial charge on any atom is -0.252 e. The molecule has 1 nitrogen and oxygen atoms in total. The number of rotatable bonds is 4. The second-order valence-electron chi connectivity index (χ2n) is 5.45. The summed E-state index contributed by atoms with van der Waals surface area (Å²) in [5.41, 5.74) is 2.01. The van der Waals surface area contributed by atoms with Gasteiger partial charge in [0.1, 0.15) is 5.83 Å². The Labute approximate surface area is 108 Å². The van der Waals surface area contributed by atoms with Crippen molar-refractivity contribution < 1.29 is 4.39 Å². The molecule has 0 aliphatic heterocycles. The molecule has 0 spiro atoms. The molecule has 1 aliphatic rings. The fourth-order valence-corrected chi connectivity index (χ4v) is 2.39. The predicted octanol–water partition coefficient (Wildman–Crippen LogP) is 4.54. The van der Waals surface area contributed by atoms with Crippen LogP contribution in [0.4, 0.5) is 4.39 Å². The van der Waals surface area contributed by atoms with E-state index < -0.39 is 0 Å². The van der Waals surface area contributed by atoms with Gasteiger partial charge in [0.25, 0.3) is 0 Å². The van der Waals surface area contributed by atoms with E-state index in [1.165, 1.54) is 0 Å². The van der Waals surface area contributed by atoms with E-state index in [1.807, 2.05) is 6.92 Å². The van der Waals surface area contributed by atoms with E-state index in [9.17, 15) is 4.39 Å². The maximum Gasteiger partial charge on any atom is 0.101 e. The van der Waals surface area contributed by atoms with Crippen LogP contribution in [0.1, 0.15) is 40.5 Å². The Bertz CT molecular complexity index is 350. The van der Waals surface area contributed by atoms with E-state index in [4.69, 9.17) is 0 Å². The molecular weight excluding hydrogens is 233 g/mol. The molecule has 1 atom stereocenters. The number of nitrogens with one attached hydrogen (secondary N) is 1. The lowest BCUT2D eigenvalue weighted by Gasteiger charge is -2.26. The molecule has 1 aliphatic carbocycles. The van der Waals surface area contributed by atoms with Gasteiger partial charge in [-0.25, -0.2) is 4.39 Å². The van der Waals surface area contributed by atoms with E-state index in [1.54, 1.807) is 18.0 Å². The van der Waals surface area contributed by atoms with Crippen LogP contribution >= 0.6 is 11.9 Å². The number of hydrogen-bond donors (Lipinski definition) is 1. The van der Waals surface area contributed by atoms with Gasteiger partial charge in [0.05, 0.1) is 6.04 Å². The summed E-state index contributed by atoms with van der Waals surface area (Å²) in [6.07, 6.45) is 5.04. The standard InChI is InChI=1S/C14H22FNS/c1-10(2)13(16-17-14(3,4)5)11-7-6-8-12(15)9-11/h7,9,13,16H,1,6,8H2,2-5H3. The van der Waals surface area contributed by atoms with Crippen LogP contribution in [0.5, 0.6) is 0 Å². The first-order chi connectivity index (χ1) is 7.79. The maximum atomic E-state index is 13.3. The Morgan fingerprint density at radius 1 is 1.53 bits per heavy atom. The van der Waals surface area contributed by atoms with E-state index >= 15 is 0 Å². The number of halogens is 1. The van der Waals surface area contributed by atoms with Crippen LogP contribution in [0.15, 0.2) is 35.7 Å². The van der Waals surface area contributed by atoms with Gasteiger partial charge in [0.2, 0.25) is 0 Å². The highest BCUT2D eigenvalue weighted by atomic mass is 32.2. The van der Waals surface area contributed by atoms with Gasteiger partial charge >= 0.3 is 0 Å². The molecule has 0 aromatic carbocycles. The molecule has 0 heterocycles. The van der Waals surface area contributed by atoms with Crippen molar-refractivity contribution in [3.63, 3.8) is 0 Å². The van der Waals surface area contributed by atoms with Crippen LogP contribution in [-0.4, -0.2) is 10.8 Å². The van der Waals surface area contributed by atoms with Crippen molar-refractivity contribution in [1.82, 2.24) is 4.72 Å². The Balaban J connectivity index is 2.73. The minimum absolute atomic E-state index is 0.0312. The van der Waals surface area contributed by atoms with Crippen LogP contribution < -0.4 is 4.72 Å². The summed E-state index contributed by atoms with van der Waals surface area (Å²) < 4.78 is 16.8. The predicted molar refractivity (Wildman–Crippen MR) is 75.6 cm³/mol. The fraction of sp³-hybridized carbons (Fsp3) is 0.571. The first-order valence-corrected chi connectivity index (χ1v) is 6.76. The van der Waals surface area contributed by atoms with Gasteiger partial charge in [0.15, 0.2) is 0 Å². The van der Waals surface area contributed by atoms with Crippen molar-refractivity contribution >= 4 is 11.9 Å². The molecule has 96 valence electrons. The first-order valence-electron chi connectivity index (χ1n) is 5.94. The maximum absolute atomic E-state index is 13.3. The van der Waals surface area contributed by atoms with Gasteiger partial charge in [-0.05, 0) is 45.8 Å². The van der Waals surface area contributed by atoms with Gasteiger partial charge < -0.3 is 0 Å². The van der Waals surface area contributed by atoms with Gasteiger partial charge in [-0.2, -0.15) is 0 Å². The second-order valence-corrected chi connectivity index (χ2v) is 7.11.